The molecule has 1 aliphatic rings. The minimum absolute atomic E-state index is 0.00262. The van der Waals surface area contributed by atoms with Gasteiger partial charge in [-0.15, -0.1) is 5.10 Å². The van der Waals surface area contributed by atoms with Crippen LogP contribution in [0.4, 0.5) is 10.8 Å². The summed E-state index contributed by atoms with van der Waals surface area (Å²) in [4.78, 5) is 14.7. The third-order valence-corrected chi connectivity index (χ3v) is 6.88. The van der Waals surface area contributed by atoms with Crippen LogP contribution in [0.25, 0.3) is 0 Å². The van der Waals surface area contributed by atoms with Crippen LogP contribution in [-0.2, 0) is 6.67 Å². The first-order valence-corrected chi connectivity index (χ1v) is 11.7. The van der Waals surface area contributed by atoms with Crippen LogP contribution in [0.3, 0.4) is 0 Å². The molecule has 1 aliphatic heterocycles. The second-order valence-corrected chi connectivity index (χ2v) is 9.59. The van der Waals surface area contributed by atoms with Gasteiger partial charge in [0, 0.05) is 30.4 Å². The summed E-state index contributed by atoms with van der Waals surface area (Å²) >= 11 is 7.02. The minimum Gasteiger partial charge on any atom is -0.349 e. The number of carbonyl (C=O) groups excluding carboxylic acids is 1. The zero-order valence-electron chi connectivity index (χ0n) is 17.8. The molecule has 1 aromatic heterocycles. The monoisotopic (exact) mass is 453 g/mol. The third-order valence-electron chi connectivity index (χ3n) is 5.66. The van der Waals surface area contributed by atoms with Crippen molar-refractivity contribution in [2.24, 2.45) is 0 Å². The van der Waals surface area contributed by atoms with Gasteiger partial charge in [0.25, 0.3) is 5.91 Å². The molecule has 0 radical (unpaired) electrons. The average Bonchev–Trinajstić information content (AvgIpc) is 3.11. The first kappa shape index (κ1) is 21.7. The number of rotatable bonds is 6. The number of nitrogens with zero attached hydrogens (tertiary/aromatic N) is 3. The molecule has 31 heavy (non-hydrogen) atoms. The lowest BCUT2D eigenvalue weighted by molar-refractivity contribution is 0.0896. The van der Waals surface area contributed by atoms with Crippen molar-refractivity contribution in [1.82, 2.24) is 20.0 Å². The van der Waals surface area contributed by atoms with Crippen LogP contribution in [0, 0.1) is 17.8 Å². The maximum absolute atomic E-state index is 12.4. The largest absolute Gasteiger partial charge is 0.349 e. The first-order chi connectivity index (χ1) is 15.0. The SMILES string of the molecule is Cc1ccc(Nc2nn(CN3CCC(NC(=O)c4ccccc4)CC3)c(=S)s2)cc1C. The van der Waals surface area contributed by atoms with Gasteiger partial charge in [-0.25, -0.2) is 4.68 Å². The zero-order valence-corrected chi connectivity index (χ0v) is 19.4. The number of hydrogen-bond acceptors (Lipinski definition) is 6. The van der Waals surface area contributed by atoms with Crippen molar-refractivity contribution in [3.05, 3.63) is 69.2 Å². The molecule has 0 atom stereocenters. The number of aryl methyl sites for hydroxylation is 2. The van der Waals surface area contributed by atoms with Crippen LogP contribution >= 0.6 is 23.6 Å². The third kappa shape index (κ3) is 5.58. The number of likely N-dealkylation sites (tertiary alicyclic amines) is 1. The molecule has 6 nitrogen and oxygen atoms in total. The molecule has 1 fully saturated rings. The van der Waals surface area contributed by atoms with Crippen molar-refractivity contribution in [2.45, 2.75) is 39.4 Å². The van der Waals surface area contributed by atoms with Crippen LogP contribution in [0.5, 0.6) is 0 Å². The van der Waals surface area contributed by atoms with Crippen LogP contribution in [0.2, 0.25) is 0 Å². The van der Waals surface area contributed by atoms with E-state index in [1.807, 2.05) is 35.0 Å². The van der Waals surface area contributed by atoms with E-state index < -0.39 is 0 Å². The van der Waals surface area contributed by atoms with Crippen LogP contribution < -0.4 is 10.6 Å². The highest BCUT2D eigenvalue weighted by atomic mass is 32.1. The number of aromatic nitrogens is 2. The lowest BCUT2D eigenvalue weighted by Gasteiger charge is -2.32. The van der Waals surface area contributed by atoms with E-state index in [9.17, 15) is 4.79 Å². The highest BCUT2D eigenvalue weighted by molar-refractivity contribution is 7.73. The summed E-state index contributed by atoms with van der Waals surface area (Å²) in [6, 6.07) is 15.9. The summed E-state index contributed by atoms with van der Waals surface area (Å²) in [6.07, 6.45) is 1.84. The number of hydrogen-bond donors (Lipinski definition) is 2. The molecule has 162 valence electrons. The molecule has 0 bridgehead atoms. The molecular weight excluding hydrogens is 426 g/mol. The van der Waals surface area contributed by atoms with E-state index >= 15 is 0 Å². The van der Waals surface area contributed by atoms with E-state index in [-0.39, 0.29) is 11.9 Å². The van der Waals surface area contributed by atoms with E-state index in [0.29, 0.717) is 12.2 Å². The summed E-state index contributed by atoms with van der Waals surface area (Å²) in [6.45, 7) is 6.68. The average molecular weight is 454 g/mol. The van der Waals surface area contributed by atoms with Crippen molar-refractivity contribution in [2.75, 3.05) is 18.4 Å². The zero-order chi connectivity index (χ0) is 21.8. The molecule has 0 aliphatic carbocycles. The highest BCUT2D eigenvalue weighted by Gasteiger charge is 2.22. The number of benzene rings is 2. The van der Waals surface area contributed by atoms with Crippen molar-refractivity contribution in [3.63, 3.8) is 0 Å². The van der Waals surface area contributed by atoms with E-state index in [1.54, 1.807) is 0 Å². The quantitative estimate of drug-likeness (QED) is 0.521. The van der Waals surface area contributed by atoms with E-state index in [0.717, 1.165) is 40.7 Å². The molecule has 2 heterocycles. The standard InChI is InChI=1S/C23H27N5OS2/c1-16-8-9-20(14-17(16)2)25-22-26-28(23(30)31-22)15-27-12-10-19(11-13-27)24-21(29)18-6-4-3-5-7-18/h3-9,14,19H,10-13,15H2,1-2H3,(H,24,29)(H,25,26). The van der Waals surface area contributed by atoms with Crippen LogP contribution in [-0.4, -0.2) is 39.7 Å². The number of anilines is 2. The summed E-state index contributed by atoms with van der Waals surface area (Å²) in [7, 11) is 0. The molecule has 1 saturated heterocycles. The normalized spacial score (nSPS) is 15.0. The predicted octanol–water partition coefficient (Wildman–Crippen LogP) is 4.89. The van der Waals surface area contributed by atoms with Gasteiger partial charge >= 0.3 is 0 Å². The van der Waals surface area contributed by atoms with Crippen molar-refractivity contribution in [3.8, 4) is 0 Å². The fraction of sp³-hybridized carbons (Fsp3) is 0.348. The smallest absolute Gasteiger partial charge is 0.251 e. The van der Waals surface area contributed by atoms with Gasteiger partial charge in [-0.1, -0.05) is 35.6 Å². The predicted molar refractivity (Wildman–Crippen MR) is 129 cm³/mol. The van der Waals surface area contributed by atoms with E-state index in [4.69, 9.17) is 12.2 Å². The Labute approximate surface area is 191 Å². The maximum Gasteiger partial charge on any atom is 0.251 e. The Morgan fingerprint density at radius 2 is 1.87 bits per heavy atom. The van der Waals surface area contributed by atoms with Gasteiger partial charge in [-0.3, -0.25) is 9.69 Å². The lowest BCUT2D eigenvalue weighted by Crippen LogP contribution is -2.45. The fourth-order valence-corrected chi connectivity index (χ4v) is 4.67. The topological polar surface area (TPSA) is 62.2 Å². The molecule has 0 unspecified atom stereocenters. The Bertz CT molecular complexity index is 1100. The number of piperidine rings is 1. The van der Waals surface area contributed by atoms with Gasteiger partial charge in [0.2, 0.25) is 5.13 Å². The van der Waals surface area contributed by atoms with Gasteiger partial charge in [-0.05, 0) is 74.3 Å². The Balaban J connectivity index is 1.30. The first-order valence-electron chi connectivity index (χ1n) is 10.5. The van der Waals surface area contributed by atoms with Crippen molar-refractivity contribution >= 4 is 40.3 Å². The molecule has 1 amide bonds. The molecule has 0 spiro atoms. The maximum atomic E-state index is 12.4. The fourth-order valence-electron chi connectivity index (χ4n) is 3.66. The molecule has 2 aromatic carbocycles. The molecule has 0 saturated carbocycles. The summed E-state index contributed by atoms with van der Waals surface area (Å²) in [5.41, 5.74) is 4.25. The van der Waals surface area contributed by atoms with Gasteiger partial charge in [0.05, 0.1) is 6.67 Å². The number of amides is 1. The van der Waals surface area contributed by atoms with Gasteiger partial charge < -0.3 is 10.6 Å². The number of carbonyl (C=O) groups is 1. The molecule has 8 heteroatoms. The van der Waals surface area contributed by atoms with Gasteiger partial charge in [0.1, 0.15) is 0 Å². The Morgan fingerprint density at radius 3 is 2.58 bits per heavy atom. The van der Waals surface area contributed by atoms with E-state index in [1.165, 1.54) is 22.5 Å². The molecule has 4 rings (SSSR count). The molecule has 2 N–H and O–H groups in total. The summed E-state index contributed by atoms with van der Waals surface area (Å²) in [5, 5.41) is 12.0. The van der Waals surface area contributed by atoms with E-state index in [2.05, 4.69) is 52.7 Å². The summed E-state index contributed by atoms with van der Waals surface area (Å²) < 4.78 is 2.64. The van der Waals surface area contributed by atoms with Crippen LogP contribution in [0.15, 0.2) is 48.5 Å². The van der Waals surface area contributed by atoms with Gasteiger partial charge in [0.15, 0.2) is 3.95 Å². The second-order valence-electron chi connectivity index (χ2n) is 7.97. The highest BCUT2D eigenvalue weighted by Crippen LogP contribution is 2.23. The second kappa shape index (κ2) is 9.72. The Kier molecular flexibility index (Phi) is 6.80. The number of nitrogens with one attached hydrogen (secondary N) is 2. The minimum atomic E-state index is 0.00262. The Morgan fingerprint density at radius 1 is 1.13 bits per heavy atom. The molecule has 3 aromatic rings. The van der Waals surface area contributed by atoms with Crippen LogP contribution in [0.1, 0.15) is 34.3 Å². The molecular formula is C23H27N5OS2. The van der Waals surface area contributed by atoms with Crippen molar-refractivity contribution < 1.29 is 4.79 Å². The Hall–Kier alpha value is -2.55. The summed E-state index contributed by atoms with van der Waals surface area (Å²) in [5.74, 6) is 0.00262. The van der Waals surface area contributed by atoms with Crippen molar-refractivity contribution in [1.29, 1.82) is 0 Å². The van der Waals surface area contributed by atoms with Gasteiger partial charge in [-0.2, -0.15) is 0 Å². The lowest BCUT2D eigenvalue weighted by atomic mass is 10.0.